The van der Waals surface area contributed by atoms with Crippen LogP contribution in [0.25, 0.3) is 0 Å². The fourth-order valence-corrected chi connectivity index (χ4v) is 2.35. The summed E-state index contributed by atoms with van der Waals surface area (Å²) in [7, 11) is -4.18. The van der Waals surface area contributed by atoms with Gasteiger partial charge in [0.05, 0.1) is 0 Å². The zero-order valence-electron chi connectivity index (χ0n) is 10.9. The van der Waals surface area contributed by atoms with Crippen LogP contribution in [-0.2, 0) is 16.6 Å². The smallest absolute Gasteiger partial charge is 0.350 e. The average molecular weight is 325 g/mol. The molecule has 0 radical (unpaired) electrons. The van der Waals surface area contributed by atoms with E-state index < -0.39 is 33.5 Å². The van der Waals surface area contributed by atoms with Crippen LogP contribution in [0.1, 0.15) is 23.3 Å². The summed E-state index contributed by atoms with van der Waals surface area (Å²) in [6.07, 6.45) is -1.94. The number of hydrogen-bond donors (Lipinski definition) is 2. The van der Waals surface area contributed by atoms with E-state index >= 15 is 0 Å². The lowest BCUT2D eigenvalue weighted by molar-refractivity contribution is -0.140. The lowest BCUT2D eigenvalue weighted by Crippen LogP contribution is -2.29. The number of aromatic nitrogens is 1. The predicted octanol–water partition coefficient (Wildman–Crippen LogP) is 0.838. The summed E-state index contributed by atoms with van der Waals surface area (Å²) in [6, 6.07) is 0.851. The van der Waals surface area contributed by atoms with Gasteiger partial charge < -0.3 is 9.88 Å². The molecule has 0 spiro atoms. The molecule has 1 aliphatic carbocycles. The zero-order chi connectivity index (χ0) is 15.8. The first-order chi connectivity index (χ1) is 9.56. The van der Waals surface area contributed by atoms with Gasteiger partial charge in [-0.15, -0.1) is 0 Å². The average Bonchev–Trinajstić information content (AvgIpc) is 3.03. The van der Waals surface area contributed by atoms with Crippen LogP contribution in [0, 0.1) is 5.92 Å². The predicted molar refractivity (Wildman–Crippen MR) is 66.9 cm³/mol. The first-order valence-electron chi connectivity index (χ1n) is 6.14. The Kier molecular flexibility index (Phi) is 4.02. The summed E-state index contributed by atoms with van der Waals surface area (Å²) in [5, 5.41) is 7.37. The second-order valence-electron chi connectivity index (χ2n) is 5.00. The highest BCUT2D eigenvalue weighted by Crippen LogP contribution is 2.28. The highest BCUT2D eigenvalue weighted by molar-refractivity contribution is 7.89. The second-order valence-corrected chi connectivity index (χ2v) is 6.56. The fourth-order valence-electron chi connectivity index (χ4n) is 1.80. The highest BCUT2D eigenvalue weighted by atomic mass is 32.2. The third-order valence-corrected chi connectivity index (χ3v) is 3.91. The van der Waals surface area contributed by atoms with E-state index in [0.717, 1.165) is 25.1 Å². The summed E-state index contributed by atoms with van der Waals surface area (Å²) in [6.45, 7) is -1.10. The number of amides is 1. The Morgan fingerprint density at radius 1 is 1.43 bits per heavy atom. The molecule has 21 heavy (non-hydrogen) atoms. The number of rotatable bonds is 5. The summed E-state index contributed by atoms with van der Waals surface area (Å²) in [5.41, 5.74) is -0.378. The Morgan fingerprint density at radius 2 is 2.05 bits per heavy atom. The standard InChI is InChI=1S/C11H14F3N3O3S/c12-11(13,14)6-17-5-8(21(15,19)20)3-9(17)10(18)16-4-7-1-2-7/h3,5,7H,1-2,4,6H2,(H,16,18)(H2,15,19,20). The van der Waals surface area contributed by atoms with E-state index in [1.165, 1.54) is 0 Å². The lowest BCUT2D eigenvalue weighted by Gasteiger charge is -2.11. The molecule has 1 heterocycles. The Labute approximate surface area is 119 Å². The van der Waals surface area contributed by atoms with Gasteiger partial charge in [-0.05, 0) is 24.8 Å². The van der Waals surface area contributed by atoms with Crippen molar-refractivity contribution in [3.05, 3.63) is 18.0 Å². The number of primary sulfonamides is 1. The first-order valence-corrected chi connectivity index (χ1v) is 7.69. The second kappa shape index (κ2) is 5.34. The molecule has 10 heteroatoms. The summed E-state index contributed by atoms with van der Waals surface area (Å²) in [4.78, 5) is 11.4. The number of alkyl halides is 3. The van der Waals surface area contributed by atoms with E-state index in [0.29, 0.717) is 17.0 Å². The van der Waals surface area contributed by atoms with Crippen LogP contribution in [0.5, 0.6) is 0 Å². The molecule has 0 saturated heterocycles. The van der Waals surface area contributed by atoms with Crippen LogP contribution < -0.4 is 10.5 Å². The fraction of sp³-hybridized carbons (Fsp3) is 0.545. The molecule has 1 amide bonds. The number of nitrogens with two attached hydrogens (primary N) is 1. The van der Waals surface area contributed by atoms with E-state index in [4.69, 9.17) is 5.14 Å². The van der Waals surface area contributed by atoms with Gasteiger partial charge >= 0.3 is 6.18 Å². The normalized spacial score (nSPS) is 16.0. The third-order valence-electron chi connectivity index (χ3n) is 3.03. The van der Waals surface area contributed by atoms with Crippen molar-refractivity contribution in [1.82, 2.24) is 9.88 Å². The van der Waals surface area contributed by atoms with Gasteiger partial charge in [0.2, 0.25) is 10.0 Å². The number of nitrogens with zero attached hydrogens (tertiary/aromatic N) is 1. The number of carbonyl (C=O) groups is 1. The van der Waals surface area contributed by atoms with Crippen molar-refractivity contribution in [1.29, 1.82) is 0 Å². The van der Waals surface area contributed by atoms with E-state index in [1.54, 1.807) is 0 Å². The molecular weight excluding hydrogens is 311 g/mol. The monoisotopic (exact) mass is 325 g/mol. The van der Waals surface area contributed by atoms with Gasteiger partial charge in [-0.3, -0.25) is 4.79 Å². The summed E-state index contributed by atoms with van der Waals surface area (Å²) in [5.74, 6) is -0.404. The van der Waals surface area contributed by atoms with E-state index in [1.807, 2.05) is 0 Å². The molecule has 1 fully saturated rings. The molecule has 2 rings (SSSR count). The van der Waals surface area contributed by atoms with Crippen LogP contribution in [0.3, 0.4) is 0 Å². The quantitative estimate of drug-likeness (QED) is 0.840. The molecule has 118 valence electrons. The summed E-state index contributed by atoms with van der Waals surface area (Å²) < 4.78 is 60.4. The molecule has 6 nitrogen and oxygen atoms in total. The molecule has 1 saturated carbocycles. The number of hydrogen-bond acceptors (Lipinski definition) is 3. The molecule has 1 aromatic rings. The molecule has 1 aliphatic rings. The van der Waals surface area contributed by atoms with Gasteiger partial charge in [-0.25, -0.2) is 13.6 Å². The van der Waals surface area contributed by atoms with Crippen molar-refractivity contribution < 1.29 is 26.4 Å². The minimum atomic E-state index is -4.58. The van der Waals surface area contributed by atoms with Crippen molar-refractivity contribution in [3.63, 3.8) is 0 Å². The van der Waals surface area contributed by atoms with Crippen molar-refractivity contribution in [2.75, 3.05) is 6.54 Å². The van der Waals surface area contributed by atoms with Crippen LogP contribution in [0.2, 0.25) is 0 Å². The van der Waals surface area contributed by atoms with Crippen molar-refractivity contribution in [2.24, 2.45) is 11.1 Å². The van der Waals surface area contributed by atoms with Crippen molar-refractivity contribution in [3.8, 4) is 0 Å². The summed E-state index contributed by atoms with van der Waals surface area (Å²) >= 11 is 0. The largest absolute Gasteiger partial charge is 0.406 e. The Hall–Kier alpha value is -1.55. The van der Waals surface area contributed by atoms with Crippen molar-refractivity contribution in [2.45, 2.75) is 30.5 Å². The Balaban J connectivity index is 2.27. The Morgan fingerprint density at radius 3 is 2.52 bits per heavy atom. The molecule has 0 bridgehead atoms. The maximum Gasteiger partial charge on any atom is 0.406 e. The van der Waals surface area contributed by atoms with Crippen LogP contribution in [0.15, 0.2) is 17.2 Å². The molecule has 1 aromatic heterocycles. The number of carbonyl (C=O) groups excluding carboxylic acids is 1. The maximum atomic E-state index is 12.5. The maximum absolute atomic E-state index is 12.5. The van der Waals surface area contributed by atoms with Gasteiger partial charge in [0.15, 0.2) is 0 Å². The third kappa shape index (κ3) is 4.46. The minimum absolute atomic E-state index is 0.345. The van der Waals surface area contributed by atoms with Gasteiger partial charge in [0.25, 0.3) is 5.91 Å². The van der Waals surface area contributed by atoms with E-state index in [-0.39, 0.29) is 5.69 Å². The molecule has 3 N–H and O–H groups in total. The van der Waals surface area contributed by atoms with Crippen molar-refractivity contribution >= 4 is 15.9 Å². The molecular formula is C11H14F3N3O3S. The zero-order valence-corrected chi connectivity index (χ0v) is 11.7. The molecule has 0 atom stereocenters. The highest BCUT2D eigenvalue weighted by Gasteiger charge is 2.31. The first kappa shape index (κ1) is 15.8. The number of sulfonamides is 1. The van der Waals surface area contributed by atoms with Gasteiger partial charge in [-0.2, -0.15) is 13.2 Å². The number of nitrogens with one attached hydrogen (secondary N) is 1. The van der Waals surface area contributed by atoms with Crippen LogP contribution in [-0.4, -0.2) is 31.6 Å². The molecule has 0 unspecified atom stereocenters. The van der Waals surface area contributed by atoms with Crippen LogP contribution >= 0.6 is 0 Å². The lowest BCUT2D eigenvalue weighted by atomic mass is 10.3. The molecule has 0 aliphatic heterocycles. The van der Waals surface area contributed by atoms with E-state index in [2.05, 4.69) is 5.32 Å². The topological polar surface area (TPSA) is 94.2 Å². The van der Waals surface area contributed by atoms with Crippen LogP contribution in [0.4, 0.5) is 13.2 Å². The Bertz CT molecular complexity index is 647. The van der Waals surface area contributed by atoms with Gasteiger partial charge in [0, 0.05) is 12.7 Å². The minimum Gasteiger partial charge on any atom is -0.350 e. The molecule has 0 aromatic carbocycles. The number of halogens is 3. The van der Waals surface area contributed by atoms with Gasteiger partial charge in [0.1, 0.15) is 17.1 Å². The van der Waals surface area contributed by atoms with E-state index in [9.17, 15) is 26.4 Å². The van der Waals surface area contributed by atoms with Gasteiger partial charge in [-0.1, -0.05) is 0 Å². The SMILES string of the molecule is NS(=O)(=O)c1cc(C(=O)NCC2CC2)n(CC(F)(F)F)c1.